The number of amides is 2. The van der Waals surface area contributed by atoms with Crippen molar-refractivity contribution in [2.24, 2.45) is 0 Å². The summed E-state index contributed by atoms with van der Waals surface area (Å²) in [7, 11) is 0. The van der Waals surface area contributed by atoms with E-state index in [2.05, 4.69) is 10.6 Å². The van der Waals surface area contributed by atoms with Gasteiger partial charge >= 0.3 is 0 Å². The van der Waals surface area contributed by atoms with Gasteiger partial charge in [-0.15, -0.1) is 0 Å². The fourth-order valence-corrected chi connectivity index (χ4v) is 2.30. The van der Waals surface area contributed by atoms with Crippen LogP contribution in [0.15, 0.2) is 30.3 Å². The van der Waals surface area contributed by atoms with E-state index in [0.29, 0.717) is 19.4 Å². The van der Waals surface area contributed by atoms with Crippen LogP contribution < -0.4 is 10.6 Å². The fraction of sp³-hybridized carbons (Fsp3) is 0.467. The molecule has 1 atom stereocenters. The molecule has 0 unspecified atom stereocenters. The number of likely N-dealkylation sites (N-methyl/N-ethyl adjacent to an activating group) is 1. The Kier molecular flexibility index (Phi) is 7.80. The molecule has 1 aromatic carbocycles. The van der Waals surface area contributed by atoms with Gasteiger partial charge < -0.3 is 10.6 Å². The Morgan fingerprint density at radius 1 is 1.25 bits per heavy atom. The summed E-state index contributed by atoms with van der Waals surface area (Å²) < 4.78 is 0. The molecule has 2 amide bonds. The Bertz CT molecular complexity index is 423. The van der Waals surface area contributed by atoms with Crippen molar-refractivity contribution in [2.75, 3.05) is 18.6 Å². The maximum atomic E-state index is 12.0. The molecule has 0 saturated heterocycles. The monoisotopic (exact) mass is 294 g/mol. The molecule has 0 bridgehead atoms. The second kappa shape index (κ2) is 9.42. The predicted octanol–water partition coefficient (Wildman–Crippen LogP) is 1.60. The van der Waals surface area contributed by atoms with Crippen LogP contribution >= 0.6 is 11.8 Å². The summed E-state index contributed by atoms with van der Waals surface area (Å²) >= 11 is 1.67. The van der Waals surface area contributed by atoms with Crippen LogP contribution in [0, 0.1) is 0 Å². The van der Waals surface area contributed by atoms with Crippen molar-refractivity contribution in [1.82, 2.24) is 10.6 Å². The van der Waals surface area contributed by atoms with Crippen molar-refractivity contribution in [2.45, 2.75) is 25.8 Å². The van der Waals surface area contributed by atoms with Gasteiger partial charge in [-0.2, -0.15) is 11.8 Å². The minimum Gasteiger partial charge on any atom is -0.355 e. The number of thioether (sulfide) groups is 1. The Hall–Kier alpha value is -1.49. The van der Waals surface area contributed by atoms with Gasteiger partial charge in [-0.3, -0.25) is 9.59 Å². The summed E-state index contributed by atoms with van der Waals surface area (Å²) in [5.41, 5.74) is 0.949. The van der Waals surface area contributed by atoms with E-state index in [9.17, 15) is 9.59 Å². The van der Waals surface area contributed by atoms with E-state index in [1.165, 1.54) is 0 Å². The Morgan fingerprint density at radius 2 is 1.95 bits per heavy atom. The molecule has 20 heavy (non-hydrogen) atoms. The van der Waals surface area contributed by atoms with E-state index in [-0.39, 0.29) is 11.8 Å². The lowest BCUT2D eigenvalue weighted by atomic mass is 10.1. The summed E-state index contributed by atoms with van der Waals surface area (Å²) in [5, 5.41) is 5.58. The van der Waals surface area contributed by atoms with Crippen LogP contribution in [-0.4, -0.2) is 36.4 Å². The van der Waals surface area contributed by atoms with Gasteiger partial charge in [-0.25, -0.2) is 0 Å². The third kappa shape index (κ3) is 6.10. The van der Waals surface area contributed by atoms with E-state index >= 15 is 0 Å². The van der Waals surface area contributed by atoms with Gasteiger partial charge in [-0.05, 0) is 30.9 Å². The molecule has 0 heterocycles. The van der Waals surface area contributed by atoms with Crippen LogP contribution in [0.4, 0.5) is 0 Å². The van der Waals surface area contributed by atoms with E-state index in [4.69, 9.17) is 0 Å². The molecule has 0 aliphatic heterocycles. The predicted molar refractivity (Wildman–Crippen MR) is 83.8 cm³/mol. The van der Waals surface area contributed by atoms with Crippen LogP contribution in [0.2, 0.25) is 0 Å². The third-order valence-corrected chi connectivity index (χ3v) is 3.46. The zero-order valence-corrected chi connectivity index (χ0v) is 12.8. The number of carbonyl (C=O) groups is 2. The SMILES string of the molecule is CCNC(=O)[C@@H](CCSC)NC(=O)Cc1ccccc1. The van der Waals surface area contributed by atoms with Crippen LogP contribution in [0.5, 0.6) is 0 Å². The van der Waals surface area contributed by atoms with E-state index < -0.39 is 6.04 Å². The summed E-state index contributed by atoms with van der Waals surface area (Å²) in [5.74, 6) is 0.615. The Labute approximate surface area is 124 Å². The van der Waals surface area contributed by atoms with E-state index in [1.54, 1.807) is 11.8 Å². The first kappa shape index (κ1) is 16.6. The molecule has 110 valence electrons. The highest BCUT2D eigenvalue weighted by atomic mass is 32.2. The highest BCUT2D eigenvalue weighted by Gasteiger charge is 2.19. The molecule has 0 aliphatic rings. The lowest BCUT2D eigenvalue weighted by Gasteiger charge is -2.17. The number of carbonyl (C=O) groups excluding carboxylic acids is 2. The molecule has 4 nitrogen and oxygen atoms in total. The summed E-state index contributed by atoms with van der Waals surface area (Å²) in [6, 6.07) is 9.08. The molecule has 0 fully saturated rings. The molecule has 1 rings (SSSR count). The van der Waals surface area contributed by atoms with Crippen molar-refractivity contribution >= 4 is 23.6 Å². The maximum Gasteiger partial charge on any atom is 0.242 e. The smallest absolute Gasteiger partial charge is 0.242 e. The zero-order valence-electron chi connectivity index (χ0n) is 12.0. The molecular formula is C15H22N2O2S. The van der Waals surface area contributed by atoms with Gasteiger partial charge in [0.2, 0.25) is 11.8 Å². The molecule has 5 heteroatoms. The third-order valence-electron chi connectivity index (χ3n) is 2.82. The number of nitrogens with one attached hydrogen (secondary N) is 2. The molecule has 0 spiro atoms. The highest BCUT2D eigenvalue weighted by Crippen LogP contribution is 2.03. The molecule has 0 aromatic heterocycles. The standard InChI is InChI=1S/C15H22N2O2S/c1-3-16-15(19)13(9-10-20-2)17-14(18)11-12-7-5-4-6-8-12/h4-8,13H,3,9-11H2,1-2H3,(H,16,19)(H,17,18)/t13-/m1/s1. The first-order valence-corrected chi connectivity index (χ1v) is 8.16. The van der Waals surface area contributed by atoms with Crippen molar-refractivity contribution in [1.29, 1.82) is 0 Å². The number of rotatable bonds is 8. The molecule has 1 aromatic rings. The fourth-order valence-electron chi connectivity index (χ4n) is 1.83. The van der Waals surface area contributed by atoms with Crippen LogP contribution in [-0.2, 0) is 16.0 Å². The largest absolute Gasteiger partial charge is 0.355 e. The van der Waals surface area contributed by atoms with Gasteiger partial charge in [0.15, 0.2) is 0 Å². The molecule has 2 N–H and O–H groups in total. The minimum atomic E-state index is -0.446. The van der Waals surface area contributed by atoms with Crippen molar-refractivity contribution in [3.8, 4) is 0 Å². The summed E-state index contributed by atoms with van der Waals surface area (Å²) in [4.78, 5) is 23.9. The zero-order chi connectivity index (χ0) is 14.8. The van der Waals surface area contributed by atoms with Crippen LogP contribution in [0.3, 0.4) is 0 Å². The Balaban J connectivity index is 2.54. The molecular weight excluding hydrogens is 272 g/mol. The van der Waals surface area contributed by atoms with Gasteiger partial charge in [0.25, 0.3) is 0 Å². The Morgan fingerprint density at radius 3 is 2.55 bits per heavy atom. The van der Waals surface area contributed by atoms with E-state index in [1.807, 2.05) is 43.5 Å². The second-order valence-electron chi connectivity index (χ2n) is 4.46. The minimum absolute atomic E-state index is 0.108. The van der Waals surface area contributed by atoms with Crippen LogP contribution in [0.25, 0.3) is 0 Å². The van der Waals surface area contributed by atoms with Crippen molar-refractivity contribution in [3.63, 3.8) is 0 Å². The normalized spacial score (nSPS) is 11.7. The number of hydrogen-bond acceptors (Lipinski definition) is 3. The molecule has 0 saturated carbocycles. The average Bonchev–Trinajstić information content (AvgIpc) is 2.44. The van der Waals surface area contributed by atoms with Gasteiger partial charge in [0.05, 0.1) is 6.42 Å². The molecule has 0 aliphatic carbocycles. The number of benzene rings is 1. The van der Waals surface area contributed by atoms with Crippen molar-refractivity contribution < 1.29 is 9.59 Å². The summed E-state index contributed by atoms with van der Waals surface area (Å²) in [6.07, 6.45) is 2.93. The maximum absolute atomic E-state index is 12.0. The van der Waals surface area contributed by atoms with E-state index in [0.717, 1.165) is 11.3 Å². The van der Waals surface area contributed by atoms with Gasteiger partial charge in [0.1, 0.15) is 6.04 Å². The quantitative estimate of drug-likeness (QED) is 0.766. The topological polar surface area (TPSA) is 58.2 Å². The van der Waals surface area contributed by atoms with Gasteiger partial charge in [0, 0.05) is 6.54 Å². The average molecular weight is 294 g/mol. The lowest BCUT2D eigenvalue weighted by Crippen LogP contribution is -2.47. The van der Waals surface area contributed by atoms with Crippen LogP contribution in [0.1, 0.15) is 18.9 Å². The first-order valence-electron chi connectivity index (χ1n) is 6.77. The second-order valence-corrected chi connectivity index (χ2v) is 5.44. The number of hydrogen-bond donors (Lipinski definition) is 2. The van der Waals surface area contributed by atoms with Gasteiger partial charge in [-0.1, -0.05) is 30.3 Å². The highest BCUT2D eigenvalue weighted by molar-refractivity contribution is 7.98. The van der Waals surface area contributed by atoms with Crippen molar-refractivity contribution in [3.05, 3.63) is 35.9 Å². The lowest BCUT2D eigenvalue weighted by molar-refractivity contribution is -0.128. The first-order chi connectivity index (χ1) is 9.67. The summed E-state index contributed by atoms with van der Waals surface area (Å²) in [6.45, 7) is 2.44. The molecule has 0 radical (unpaired) electrons.